The van der Waals surface area contributed by atoms with Gasteiger partial charge in [-0.15, -0.1) is 23.2 Å². The molecule has 7 heteroatoms. The molecule has 26 heavy (non-hydrogen) atoms. The number of alkyl halides is 2. The zero-order valence-electron chi connectivity index (χ0n) is 14.1. The number of carboxylic acids is 1. The van der Waals surface area contributed by atoms with Crippen molar-refractivity contribution < 1.29 is 14.7 Å². The zero-order chi connectivity index (χ0) is 19.1. The Labute approximate surface area is 162 Å². The van der Waals surface area contributed by atoms with Crippen molar-refractivity contribution in [1.29, 1.82) is 0 Å². The number of benzene rings is 2. The Morgan fingerprint density at radius 1 is 0.962 bits per heavy atom. The molecular weight excluding hydrogens is 375 g/mol. The van der Waals surface area contributed by atoms with Crippen LogP contribution in [0, 0.1) is 0 Å². The predicted octanol–water partition coefficient (Wildman–Crippen LogP) is 3.68. The van der Waals surface area contributed by atoms with Gasteiger partial charge in [0.1, 0.15) is 0 Å². The number of aromatic carboxylic acids is 1. The van der Waals surface area contributed by atoms with Crippen LogP contribution in [0.2, 0.25) is 0 Å². The fourth-order valence-corrected chi connectivity index (χ4v) is 3.07. The van der Waals surface area contributed by atoms with E-state index in [9.17, 15) is 14.7 Å². The Balaban J connectivity index is 2.17. The Kier molecular flexibility index (Phi) is 7.30. The fourth-order valence-electron chi connectivity index (χ4n) is 2.66. The first-order chi connectivity index (χ1) is 12.5. The van der Waals surface area contributed by atoms with Crippen molar-refractivity contribution in [3.63, 3.8) is 0 Å². The summed E-state index contributed by atoms with van der Waals surface area (Å²) in [5.74, 6) is -0.461. The minimum Gasteiger partial charge on any atom is -0.478 e. The molecule has 0 unspecified atom stereocenters. The number of carboxylic acid groups (broad SMARTS) is 1. The van der Waals surface area contributed by atoms with Gasteiger partial charge in [0.15, 0.2) is 5.78 Å². The Morgan fingerprint density at radius 2 is 1.58 bits per heavy atom. The summed E-state index contributed by atoms with van der Waals surface area (Å²) in [6.07, 6.45) is 0.0923. The molecule has 0 saturated carbocycles. The van der Waals surface area contributed by atoms with Crippen molar-refractivity contribution >= 4 is 46.3 Å². The summed E-state index contributed by atoms with van der Waals surface area (Å²) in [6.45, 7) is 1.36. The average Bonchev–Trinajstić information content (AvgIpc) is 2.62. The smallest absolute Gasteiger partial charge is 0.336 e. The maximum atomic E-state index is 12.6. The van der Waals surface area contributed by atoms with E-state index in [4.69, 9.17) is 28.9 Å². The lowest BCUT2D eigenvalue weighted by molar-refractivity contribution is 0.0692. The molecule has 2 rings (SSSR count). The third kappa shape index (κ3) is 5.13. The molecule has 0 aliphatic rings. The molecule has 138 valence electrons. The Hall–Kier alpha value is -2.24. The fraction of sp³-hybridized carbons (Fsp3) is 0.263. The van der Waals surface area contributed by atoms with Crippen LogP contribution in [0.25, 0.3) is 0 Å². The number of nitrogens with two attached hydrogens (primary N) is 1. The van der Waals surface area contributed by atoms with Crippen LogP contribution < -0.4 is 10.6 Å². The van der Waals surface area contributed by atoms with Crippen molar-refractivity contribution in [1.82, 2.24) is 0 Å². The lowest BCUT2D eigenvalue weighted by atomic mass is 9.97. The number of carbonyl (C=O) groups excluding carboxylic acids is 1. The van der Waals surface area contributed by atoms with E-state index in [1.807, 2.05) is 24.3 Å². The molecule has 5 nitrogen and oxygen atoms in total. The second-order valence-electron chi connectivity index (χ2n) is 5.74. The Bertz CT molecular complexity index is 773. The highest BCUT2D eigenvalue weighted by molar-refractivity contribution is 6.18. The molecule has 0 aromatic heterocycles. The normalized spacial score (nSPS) is 10.5. The van der Waals surface area contributed by atoms with Gasteiger partial charge in [-0.2, -0.15) is 0 Å². The van der Waals surface area contributed by atoms with Gasteiger partial charge in [0.2, 0.25) is 0 Å². The molecule has 2 aromatic rings. The van der Waals surface area contributed by atoms with Gasteiger partial charge in [-0.05, 0) is 35.9 Å². The number of halogens is 2. The molecule has 2 aromatic carbocycles. The van der Waals surface area contributed by atoms with Crippen LogP contribution in [0.4, 0.5) is 11.4 Å². The standard InChI is InChI=1S/C19H20Cl2N2O3/c20-7-9-23(10-8-21)15-4-1-13(2-5-15)11-18(24)17-12-14(22)3-6-16(17)19(25)26/h1-6,12H,7-11,22H2,(H,25,26). The van der Waals surface area contributed by atoms with Gasteiger partial charge in [0.25, 0.3) is 0 Å². The largest absolute Gasteiger partial charge is 0.478 e. The number of hydrogen-bond donors (Lipinski definition) is 2. The van der Waals surface area contributed by atoms with Gasteiger partial charge >= 0.3 is 5.97 Å². The molecule has 0 amide bonds. The van der Waals surface area contributed by atoms with E-state index in [1.165, 1.54) is 18.2 Å². The third-order valence-corrected chi connectivity index (χ3v) is 4.29. The van der Waals surface area contributed by atoms with Crippen molar-refractivity contribution in [3.05, 3.63) is 59.2 Å². The summed E-state index contributed by atoms with van der Waals surface area (Å²) in [5, 5.41) is 9.25. The maximum absolute atomic E-state index is 12.6. The molecule has 0 aliphatic heterocycles. The summed E-state index contributed by atoms with van der Waals surface area (Å²) in [4.78, 5) is 25.9. The van der Waals surface area contributed by atoms with E-state index in [2.05, 4.69) is 4.90 Å². The highest BCUT2D eigenvalue weighted by Crippen LogP contribution is 2.19. The Morgan fingerprint density at radius 3 is 2.12 bits per heavy atom. The predicted molar refractivity (Wildman–Crippen MR) is 106 cm³/mol. The first kappa shape index (κ1) is 20.1. The molecule has 0 aliphatic carbocycles. The summed E-state index contributed by atoms with van der Waals surface area (Å²) >= 11 is 11.6. The minimum atomic E-state index is -1.15. The van der Waals surface area contributed by atoms with Crippen LogP contribution in [0.5, 0.6) is 0 Å². The molecule has 0 atom stereocenters. The van der Waals surface area contributed by atoms with Crippen molar-refractivity contribution in [3.8, 4) is 0 Å². The minimum absolute atomic E-state index is 0.0452. The highest BCUT2D eigenvalue weighted by Gasteiger charge is 2.17. The summed E-state index contributed by atoms with van der Waals surface area (Å²) in [6, 6.07) is 11.7. The van der Waals surface area contributed by atoms with Gasteiger partial charge in [-0.25, -0.2) is 4.79 Å². The van der Waals surface area contributed by atoms with E-state index in [0.29, 0.717) is 30.5 Å². The third-order valence-electron chi connectivity index (χ3n) is 3.95. The number of rotatable bonds is 9. The maximum Gasteiger partial charge on any atom is 0.336 e. The van der Waals surface area contributed by atoms with E-state index in [1.54, 1.807) is 0 Å². The molecule has 0 fully saturated rings. The molecule has 0 radical (unpaired) electrons. The van der Waals surface area contributed by atoms with E-state index in [-0.39, 0.29) is 23.3 Å². The van der Waals surface area contributed by atoms with Gasteiger partial charge in [-0.3, -0.25) is 4.79 Å². The van der Waals surface area contributed by atoms with Crippen LogP contribution in [-0.2, 0) is 6.42 Å². The number of nitrogen functional groups attached to an aromatic ring is 1. The topological polar surface area (TPSA) is 83.6 Å². The zero-order valence-corrected chi connectivity index (χ0v) is 15.6. The highest BCUT2D eigenvalue weighted by atomic mass is 35.5. The van der Waals surface area contributed by atoms with Crippen molar-refractivity contribution in [2.24, 2.45) is 0 Å². The van der Waals surface area contributed by atoms with Crippen LogP contribution >= 0.6 is 23.2 Å². The quantitative estimate of drug-likeness (QED) is 0.385. The average molecular weight is 395 g/mol. The van der Waals surface area contributed by atoms with E-state index in [0.717, 1.165) is 11.3 Å². The number of anilines is 2. The summed E-state index contributed by atoms with van der Waals surface area (Å²) < 4.78 is 0. The molecule has 0 bridgehead atoms. The van der Waals surface area contributed by atoms with Gasteiger partial charge in [0, 0.05) is 48.2 Å². The van der Waals surface area contributed by atoms with Gasteiger partial charge in [0.05, 0.1) is 5.56 Å². The molecular formula is C19H20Cl2N2O3. The number of carbonyl (C=O) groups is 2. The van der Waals surface area contributed by atoms with E-state index < -0.39 is 5.97 Å². The van der Waals surface area contributed by atoms with Crippen LogP contribution in [-0.4, -0.2) is 41.7 Å². The van der Waals surface area contributed by atoms with Crippen molar-refractivity contribution in [2.75, 3.05) is 35.5 Å². The number of ketones is 1. The molecule has 0 heterocycles. The molecule has 3 N–H and O–H groups in total. The summed E-state index contributed by atoms with van der Waals surface area (Å²) in [7, 11) is 0. The molecule has 0 spiro atoms. The van der Waals surface area contributed by atoms with Crippen LogP contribution in [0.1, 0.15) is 26.3 Å². The number of hydrogen-bond acceptors (Lipinski definition) is 4. The SMILES string of the molecule is Nc1ccc(C(=O)O)c(C(=O)Cc2ccc(N(CCCl)CCCl)cc2)c1. The lowest BCUT2D eigenvalue weighted by Crippen LogP contribution is -2.27. The number of nitrogens with zero attached hydrogens (tertiary/aromatic N) is 1. The number of Topliss-reactive ketones (excluding diaryl/α,β-unsaturated/α-hetero) is 1. The van der Waals surface area contributed by atoms with Crippen LogP contribution in [0.3, 0.4) is 0 Å². The first-order valence-electron chi connectivity index (χ1n) is 8.08. The monoisotopic (exact) mass is 394 g/mol. The van der Waals surface area contributed by atoms with Crippen LogP contribution in [0.15, 0.2) is 42.5 Å². The molecule has 0 saturated heterocycles. The summed E-state index contributed by atoms with van der Waals surface area (Å²) in [5.41, 5.74) is 7.88. The first-order valence-corrected chi connectivity index (χ1v) is 9.15. The lowest BCUT2D eigenvalue weighted by Gasteiger charge is -2.23. The second kappa shape index (κ2) is 9.46. The van der Waals surface area contributed by atoms with Gasteiger partial charge < -0.3 is 15.7 Å². The second-order valence-corrected chi connectivity index (χ2v) is 6.50. The van der Waals surface area contributed by atoms with E-state index >= 15 is 0 Å². The van der Waals surface area contributed by atoms with Gasteiger partial charge in [-0.1, -0.05) is 12.1 Å². The van der Waals surface area contributed by atoms with Crippen molar-refractivity contribution in [2.45, 2.75) is 6.42 Å².